The van der Waals surface area contributed by atoms with Crippen LogP contribution in [0.2, 0.25) is 0 Å². The summed E-state index contributed by atoms with van der Waals surface area (Å²) in [5, 5.41) is 0. The summed E-state index contributed by atoms with van der Waals surface area (Å²) in [5.41, 5.74) is 5.62. The number of hydrogen-bond acceptors (Lipinski definition) is 11. The highest BCUT2D eigenvalue weighted by Crippen LogP contribution is 2.23. The number of carbonyl (C=O) groups is 5. The number of nitrogens with zero attached hydrogens (tertiary/aromatic N) is 1. The first kappa shape index (κ1) is 62.5. The molecule has 0 radical (unpaired) electrons. The van der Waals surface area contributed by atoms with Gasteiger partial charge >= 0.3 is 23.9 Å². The Hall–Kier alpha value is -2.53. The van der Waals surface area contributed by atoms with Gasteiger partial charge in [-0.15, -0.1) is 0 Å². The molecule has 2 unspecified atom stereocenters. The molecule has 0 rings (SSSR count). The van der Waals surface area contributed by atoms with E-state index in [2.05, 4.69) is 32.6 Å². The Labute approximate surface area is 398 Å². The minimum atomic E-state index is -0.460. The van der Waals surface area contributed by atoms with Gasteiger partial charge in [-0.05, 0) is 90.9 Å². The molecule has 382 valence electrons. The number of unbranched alkanes of at least 4 members (excludes halogenated alkanes) is 18. The molecule has 0 amide bonds. The third-order valence-corrected chi connectivity index (χ3v) is 12.5. The lowest BCUT2D eigenvalue weighted by molar-refractivity contribution is -0.151. The number of Topliss-reactive ketones (excluding diaryl/α,β-unsaturated/α-hetero) is 1. The van der Waals surface area contributed by atoms with E-state index in [0.29, 0.717) is 51.7 Å². The van der Waals surface area contributed by atoms with Gasteiger partial charge in [0, 0.05) is 31.6 Å². The van der Waals surface area contributed by atoms with Gasteiger partial charge in [-0.1, -0.05) is 156 Å². The largest absolute Gasteiger partial charge is 0.465 e. The van der Waals surface area contributed by atoms with Crippen LogP contribution in [0.3, 0.4) is 0 Å². The van der Waals surface area contributed by atoms with Crippen molar-refractivity contribution in [2.75, 3.05) is 53.1 Å². The van der Waals surface area contributed by atoms with Crippen LogP contribution in [0.25, 0.3) is 0 Å². The topological polar surface area (TPSA) is 152 Å². The van der Waals surface area contributed by atoms with Gasteiger partial charge in [0.25, 0.3) is 0 Å². The molecule has 0 fully saturated rings. The van der Waals surface area contributed by atoms with Crippen LogP contribution >= 0.6 is 0 Å². The van der Waals surface area contributed by atoms with Crippen LogP contribution in [0.5, 0.6) is 0 Å². The van der Waals surface area contributed by atoms with Crippen molar-refractivity contribution in [2.45, 2.75) is 246 Å². The van der Waals surface area contributed by atoms with Crippen molar-refractivity contribution in [3.63, 3.8) is 0 Å². The maximum absolute atomic E-state index is 13.2. The molecule has 0 saturated heterocycles. The summed E-state index contributed by atoms with van der Waals surface area (Å²) < 4.78 is 22.7. The SMILES string of the molecule is CCCCCCCCC(CCCCCC)C(=O)OCCCCC(=O)C[C@H](COC(=O)CCCCOC(=O)C(CCCCCC)CCCCCCCC)COC(=O)CCCN(C)CCCN. The van der Waals surface area contributed by atoms with Crippen LogP contribution in [0.15, 0.2) is 0 Å². The highest BCUT2D eigenvalue weighted by Gasteiger charge is 2.22. The Balaban J connectivity index is 5.01. The van der Waals surface area contributed by atoms with E-state index in [4.69, 9.17) is 24.7 Å². The van der Waals surface area contributed by atoms with Gasteiger partial charge in [-0.3, -0.25) is 24.0 Å². The molecular formula is C54H102N2O9. The maximum Gasteiger partial charge on any atom is 0.308 e. The van der Waals surface area contributed by atoms with Gasteiger partial charge in [0.1, 0.15) is 5.78 Å². The summed E-state index contributed by atoms with van der Waals surface area (Å²) in [6, 6.07) is 0. The van der Waals surface area contributed by atoms with Crippen LogP contribution in [0, 0.1) is 17.8 Å². The van der Waals surface area contributed by atoms with Gasteiger partial charge in [0.2, 0.25) is 0 Å². The van der Waals surface area contributed by atoms with Crippen LogP contribution in [-0.4, -0.2) is 87.7 Å². The molecule has 0 bridgehead atoms. The normalized spacial score (nSPS) is 12.8. The molecule has 2 N–H and O–H groups in total. The molecule has 65 heavy (non-hydrogen) atoms. The number of nitrogens with two attached hydrogens (primary N) is 1. The van der Waals surface area contributed by atoms with E-state index in [9.17, 15) is 24.0 Å². The smallest absolute Gasteiger partial charge is 0.308 e. The first-order valence-electron chi connectivity index (χ1n) is 27.2. The summed E-state index contributed by atoms with van der Waals surface area (Å²) in [6.45, 7) is 11.6. The second kappa shape index (κ2) is 46.6. The second-order valence-corrected chi connectivity index (χ2v) is 19.0. The predicted molar refractivity (Wildman–Crippen MR) is 266 cm³/mol. The van der Waals surface area contributed by atoms with Crippen molar-refractivity contribution in [2.24, 2.45) is 23.5 Å². The zero-order valence-electron chi connectivity index (χ0n) is 42.9. The van der Waals surface area contributed by atoms with Crippen LogP contribution < -0.4 is 5.73 Å². The zero-order valence-corrected chi connectivity index (χ0v) is 42.9. The van der Waals surface area contributed by atoms with Crippen molar-refractivity contribution >= 4 is 29.7 Å². The van der Waals surface area contributed by atoms with Crippen LogP contribution in [0.4, 0.5) is 0 Å². The van der Waals surface area contributed by atoms with Crippen LogP contribution in [-0.2, 0) is 42.9 Å². The van der Waals surface area contributed by atoms with E-state index in [0.717, 1.165) is 109 Å². The molecule has 0 aliphatic heterocycles. The summed E-state index contributed by atoms with van der Waals surface area (Å²) in [7, 11) is 2.00. The quantitative estimate of drug-likeness (QED) is 0.0353. The molecule has 3 atom stereocenters. The van der Waals surface area contributed by atoms with Gasteiger partial charge in [0.05, 0.1) is 38.3 Å². The van der Waals surface area contributed by atoms with Gasteiger partial charge in [0.15, 0.2) is 0 Å². The predicted octanol–water partition coefficient (Wildman–Crippen LogP) is 12.8. The first-order chi connectivity index (χ1) is 31.6. The molecule has 0 aromatic rings. The molecule has 0 aliphatic carbocycles. The van der Waals surface area contributed by atoms with E-state index in [-0.39, 0.29) is 80.6 Å². The van der Waals surface area contributed by atoms with Crippen molar-refractivity contribution < 1.29 is 42.9 Å². The van der Waals surface area contributed by atoms with Crippen LogP contribution in [0.1, 0.15) is 246 Å². The van der Waals surface area contributed by atoms with E-state index in [1.54, 1.807) is 0 Å². The Morgan fingerprint density at radius 2 is 0.800 bits per heavy atom. The molecule has 11 nitrogen and oxygen atoms in total. The van der Waals surface area contributed by atoms with Gasteiger partial charge in [-0.25, -0.2) is 0 Å². The van der Waals surface area contributed by atoms with Crippen molar-refractivity contribution in [3.8, 4) is 0 Å². The fourth-order valence-corrected chi connectivity index (χ4v) is 8.24. The Morgan fingerprint density at radius 3 is 1.23 bits per heavy atom. The third-order valence-electron chi connectivity index (χ3n) is 12.5. The monoisotopic (exact) mass is 923 g/mol. The van der Waals surface area contributed by atoms with E-state index >= 15 is 0 Å². The molecule has 0 aromatic heterocycles. The first-order valence-corrected chi connectivity index (χ1v) is 27.2. The summed E-state index contributed by atoms with van der Waals surface area (Å²) in [6.07, 6.45) is 31.6. The minimum absolute atomic E-state index is 0.00574. The van der Waals surface area contributed by atoms with E-state index in [1.807, 2.05) is 7.05 Å². The Bertz CT molecular complexity index is 1150. The molecule has 0 aromatic carbocycles. The molecule has 0 heterocycles. The average molecular weight is 923 g/mol. The van der Waals surface area contributed by atoms with Crippen molar-refractivity contribution in [1.29, 1.82) is 0 Å². The van der Waals surface area contributed by atoms with Gasteiger partial charge < -0.3 is 29.6 Å². The second-order valence-electron chi connectivity index (χ2n) is 19.0. The highest BCUT2D eigenvalue weighted by atomic mass is 16.6. The number of carbonyl (C=O) groups excluding carboxylic acids is 5. The third kappa shape index (κ3) is 40.3. The number of esters is 4. The molecule has 11 heteroatoms. The standard InChI is InChI=1S/C54H102N2O9/c1-6-10-14-18-20-24-34-48(32-22-16-12-8-3)53(60)62-42-28-26-36-50(57)44-47(46-65-52(59)38-30-40-56(5)41-31-39-55)45-64-51(58)37-27-29-43-63-54(61)49(33-23-17-13-9-4)35-25-21-19-15-11-7-2/h47-49H,6-46,55H2,1-5H3/t47-,48?,49?/m1/s1. The lowest BCUT2D eigenvalue weighted by Crippen LogP contribution is -2.25. The average Bonchev–Trinajstić information content (AvgIpc) is 3.29. The van der Waals surface area contributed by atoms with Gasteiger partial charge in [-0.2, -0.15) is 0 Å². The Kier molecular flexibility index (Phi) is 44.8. The summed E-state index contributed by atoms with van der Waals surface area (Å²) in [5.74, 6) is -1.52. The Morgan fingerprint density at radius 1 is 0.431 bits per heavy atom. The molecule has 0 saturated carbocycles. The fourth-order valence-electron chi connectivity index (χ4n) is 8.24. The highest BCUT2D eigenvalue weighted by molar-refractivity contribution is 5.79. The minimum Gasteiger partial charge on any atom is -0.465 e. The lowest BCUT2D eigenvalue weighted by atomic mass is 9.94. The van der Waals surface area contributed by atoms with Crippen molar-refractivity contribution in [1.82, 2.24) is 4.90 Å². The van der Waals surface area contributed by atoms with Crippen molar-refractivity contribution in [3.05, 3.63) is 0 Å². The molecule has 0 aliphatic rings. The van der Waals surface area contributed by atoms with E-state index in [1.165, 1.54) is 64.2 Å². The number of ketones is 1. The molecule has 0 spiro atoms. The lowest BCUT2D eigenvalue weighted by Gasteiger charge is -2.18. The van der Waals surface area contributed by atoms with E-state index < -0.39 is 5.92 Å². The number of rotatable bonds is 49. The fraction of sp³-hybridized carbons (Fsp3) is 0.907. The summed E-state index contributed by atoms with van der Waals surface area (Å²) >= 11 is 0. The number of hydrogen-bond donors (Lipinski definition) is 1. The maximum atomic E-state index is 13.2. The zero-order chi connectivity index (χ0) is 48.0. The molecular weight excluding hydrogens is 821 g/mol. The number of ether oxygens (including phenoxy) is 4. The summed E-state index contributed by atoms with van der Waals surface area (Å²) in [4.78, 5) is 66.9.